The molecule has 0 fully saturated rings. The van der Waals surface area contributed by atoms with Crippen molar-refractivity contribution in [2.75, 3.05) is 21.3 Å². The Morgan fingerprint density at radius 1 is 0.867 bits per heavy atom. The summed E-state index contributed by atoms with van der Waals surface area (Å²) in [5.74, 6) is 1.71. The van der Waals surface area contributed by atoms with Crippen molar-refractivity contribution in [1.82, 2.24) is 5.32 Å². The van der Waals surface area contributed by atoms with Gasteiger partial charge in [-0.15, -0.1) is 0 Å². The van der Waals surface area contributed by atoms with Crippen LogP contribution in [0, 0.1) is 5.82 Å². The van der Waals surface area contributed by atoms with Crippen molar-refractivity contribution in [3.63, 3.8) is 0 Å². The molecule has 3 aromatic carbocycles. The Hall–Kier alpha value is -3.74. The maximum absolute atomic E-state index is 13.0. The monoisotopic (exact) mass is 411 g/mol. The number of hydrogen-bond acceptors (Lipinski definition) is 5. The third-order valence-electron chi connectivity index (χ3n) is 4.33. The number of rotatable bonds is 8. The summed E-state index contributed by atoms with van der Waals surface area (Å²) in [6.07, 6.45) is 0. The zero-order valence-electron chi connectivity index (χ0n) is 16.9. The number of ether oxygens (including phenoxy) is 4. The Bertz CT molecular complexity index is 995. The molecule has 0 spiro atoms. The van der Waals surface area contributed by atoms with Crippen LogP contribution in [0.1, 0.15) is 15.9 Å². The first-order valence-electron chi connectivity index (χ1n) is 9.14. The first-order valence-corrected chi connectivity index (χ1v) is 9.14. The van der Waals surface area contributed by atoms with Gasteiger partial charge in [-0.05, 0) is 54.1 Å². The lowest BCUT2D eigenvalue weighted by atomic mass is 10.1. The third-order valence-corrected chi connectivity index (χ3v) is 4.33. The van der Waals surface area contributed by atoms with Crippen LogP contribution in [-0.4, -0.2) is 27.2 Å². The minimum Gasteiger partial charge on any atom is -0.493 e. The lowest BCUT2D eigenvalue weighted by Gasteiger charge is -2.14. The van der Waals surface area contributed by atoms with Crippen LogP contribution >= 0.6 is 0 Å². The van der Waals surface area contributed by atoms with Crippen LogP contribution in [0.2, 0.25) is 0 Å². The number of amides is 1. The maximum atomic E-state index is 13.0. The smallest absolute Gasteiger partial charge is 0.251 e. The van der Waals surface area contributed by atoms with Crippen LogP contribution in [0.5, 0.6) is 28.7 Å². The number of halogens is 1. The van der Waals surface area contributed by atoms with Crippen LogP contribution in [0.25, 0.3) is 0 Å². The molecular weight excluding hydrogens is 389 g/mol. The SMILES string of the molecule is COc1cc(C(=O)NCc2cccc(Oc3ccc(F)cc3)c2)cc(OC)c1OC. The van der Waals surface area contributed by atoms with E-state index < -0.39 is 0 Å². The fourth-order valence-electron chi connectivity index (χ4n) is 2.85. The van der Waals surface area contributed by atoms with Crippen molar-refractivity contribution >= 4 is 5.91 Å². The molecule has 30 heavy (non-hydrogen) atoms. The first-order chi connectivity index (χ1) is 14.5. The number of benzene rings is 3. The van der Waals surface area contributed by atoms with E-state index >= 15 is 0 Å². The van der Waals surface area contributed by atoms with Gasteiger partial charge in [0.05, 0.1) is 21.3 Å². The van der Waals surface area contributed by atoms with Gasteiger partial charge in [-0.3, -0.25) is 4.79 Å². The van der Waals surface area contributed by atoms with Crippen molar-refractivity contribution in [3.05, 3.63) is 77.6 Å². The standard InChI is InChI=1S/C23H22FNO5/c1-27-20-12-16(13-21(28-2)22(20)29-3)23(26)25-14-15-5-4-6-19(11-15)30-18-9-7-17(24)8-10-18/h4-13H,14H2,1-3H3,(H,25,26). The number of nitrogens with one attached hydrogen (secondary N) is 1. The van der Waals surface area contributed by atoms with E-state index in [1.807, 2.05) is 12.1 Å². The fourth-order valence-corrected chi connectivity index (χ4v) is 2.85. The Morgan fingerprint density at radius 3 is 2.13 bits per heavy atom. The second-order valence-corrected chi connectivity index (χ2v) is 6.30. The summed E-state index contributed by atoms with van der Waals surface area (Å²) >= 11 is 0. The molecular formula is C23H22FNO5. The highest BCUT2D eigenvalue weighted by Crippen LogP contribution is 2.38. The van der Waals surface area contributed by atoms with Gasteiger partial charge in [0.2, 0.25) is 5.75 Å². The molecule has 3 aromatic rings. The van der Waals surface area contributed by atoms with Gasteiger partial charge in [0.25, 0.3) is 5.91 Å². The molecule has 0 unspecified atom stereocenters. The van der Waals surface area contributed by atoms with E-state index in [2.05, 4.69) is 5.32 Å². The molecule has 0 bridgehead atoms. The summed E-state index contributed by atoms with van der Waals surface area (Å²) in [6.45, 7) is 0.288. The molecule has 0 aliphatic carbocycles. The summed E-state index contributed by atoms with van der Waals surface area (Å²) in [4.78, 5) is 12.6. The second kappa shape index (κ2) is 9.65. The quantitative estimate of drug-likeness (QED) is 0.588. The molecule has 0 heterocycles. The van der Waals surface area contributed by atoms with Gasteiger partial charge in [0, 0.05) is 12.1 Å². The van der Waals surface area contributed by atoms with Crippen LogP contribution in [-0.2, 0) is 6.54 Å². The Kier molecular flexibility index (Phi) is 6.75. The van der Waals surface area contributed by atoms with E-state index in [4.69, 9.17) is 18.9 Å². The Labute approximate surface area is 174 Å². The molecule has 0 saturated heterocycles. The van der Waals surface area contributed by atoms with Gasteiger partial charge in [0.15, 0.2) is 11.5 Å². The summed E-state index contributed by atoms with van der Waals surface area (Å²) in [7, 11) is 4.48. The zero-order valence-corrected chi connectivity index (χ0v) is 16.9. The molecule has 0 aromatic heterocycles. The van der Waals surface area contributed by atoms with Gasteiger partial charge in [-0.2, -0.15) is 0 Å². The van der Waals surface area contributed by atoms with E-state index in [0.717, 1.165) is 5.56 Å². The number of carbonyl (C=O) groups excluding carboxylic acids is 1. The molecule has 0 aliphatic rings. The van der Waals surface area contributed by atoms with Crippen molar-refractivity contribution in [2.45, 2.75) is 6.54 Å². The van der Waals surface area contributed by atoms with Crippen LogP contribution in [0.3, 0.4) is 0 Å². The predicted octanol–water partition coefficient (Wildman–Crippen LogP) is 4.57. The molecule has 1 N–H and O–H groups in total. The van der Waals surface area contributed by atoms with Crippen molar-refractivity contribution in [1.29, 1.82) is 0 Å². The molecule has 0 atom stereocenters. The van der Waals surface area contributed by atoms with Crippen molar-refractivity contribution < 1.29 is 28.1 Å². The zero-order chi connectivity index (χ0) is 21.5. The number of carbonyl (C=O) groups is 1. The topological polar surface area (TPSA) is 66.0 Å². The lowest BCUT2D eigenvalue weighted by Crippen LogP contribution is -2.23. The van der Waals surface area contributed by atoms with E-state index in [0.29, 0.717) is 34.3 Å². The average Bonchev–Trinajstić information content (AvgIpc) is 2.78. The van der Waals surface area contributed by atoms with Gasteiger partial charge in [-0.25, -0.2) is 4.39 Å². The fraction of sp³-hybridized carbons (Fsp3) is 0.174. The molecule has 3 rings (SSSR count). The van der Waals surface area contributed by atoms with Crippen molar-refractivity contribution in [3.8, 4) is 28.7 Å². The average molecular weight is 411 g/mol. The number of methoxy groups -OCH3 is 3. The molecule has 0 saturated carbocycles. The molecule has 0 aliphatic heterocycles. The predicted molar refractivity (Wildman–Crippen MR) is 110 cm³/mol. The van der Waals surface area contributed by atoms with Gasteiger partial charge in [0.1, 0.15) is 17.3 Å². The van der Waals surface area contributed by atoms with Crippen molar-refractivity contribution in [2.24, 2.45) is 0 Å². The first kappa shape index (κ1) is 21.0. The molecule has 7 heteroatoms. The summed E-state index contributed by atoms with van der Waals surface area (Å²) in [5.41, 5.74) is 1.22. The number of hydrogen-bond donors (Lipinski definition) is 1. The molecule has 0 radical (unpaired) electrons. The van der Waals surface area contributed by atoms with Gasteiger partial charge >= 0.3 is 0 Å². The molecule has 6 nitrogen and oxygen atoms in total. The molecule has 156 valence electrons. The van der Waals surface area contributed by atoms with E-state index in [-0.39, 0.29) is 18.3 Å². The summed E-state index contributed by atoms with van der Waals surface area (Å²) in [5, 5.41) is 2.86. The normalized spacial score (nSPS) is 10.3. The lowest BCUT2D eigenvalue weighted by molar-refractivity contribution is 0.0950. The Balaban J connectivity index is 1.69. The van der Waals surface area contributed by atoms with E-state index in [1.165, 1.54) is 33.5 Å². The van der Waals surface area contributed by atoms with Crippen LogP contribution in [0.15, 0.2) is 60.7 Å². The third kappa shape index (κ3) is 5.00. The van der Waals surface area contributed by atoms with Crippen LogP contribution < -0.4 is 24.3 Å². The van der Waals surface area contributed by atoms with E-state index in [9.17, 15) is 9.18 Å². The van der Waals surface area contributed by atoms with E-state index in [1.54, 1.807) is 36.4 Å². The maximum Gasteiger partial charge on any atom is 0.251 e. The highest BCUT2D eigenvalue weighted by atomic mass is 19.1. The Morgan fingerprint density at radius 2 is 1.53 bits per heavy atom. The minimum absolute atomic E-state index is 0.288. The van der Waals surface area contributed by atoms with Gasteiger partial charge in [-0.1, -0.05) is 12.1 Å². The summed E-state index contributed by atoms with van der Waals surface area (Å²) < 4.78 is 34.6. The van der Waals surface area contributed by atoms with Gasteiger partial charge < -0.3 is 24.3 Å². The highest BCUT2D eigenvalue weighted by molar-refractivity contribution is 5.95. The molecule has 1 amide bonds. The summed E-state index contributed by atoms with van der Waals surface area (Å²) in [6, 6.07) is 16.2. The largest absolute Gasteiger partial charge is 0.493 e. The second-order valence-electron chi connectivity index (χ2n) is 6.30. The van der Waals surface area contributed by atoms with Crippen LogP contribution in [0.4, 0.5) is 4.39 Å². The highest BCUT2D eigenvalue weighted by Gasteiger charge is 2.17. The minimum atomic E-state index is -0.328.